The number of nitrogens with two attached hydrogens (primary N) is 1. The summed E-state index contributed by atoms with van der Waals surface area (Å²) in [6.07, 6.45) is 6.44. The number of nitrogens with zero attached hydrogens (tertiary/aromatic N) is 1. The summed E-state index contributed by atoms with van der Waals surface area (Å²) in [5.41, 5.74) is 5.93. The van der Waals surface area contributed by atoms with E-state index in [9.17, 15) is 4.79 Å². The van der Waals surface area contributed by atoms with E-state index in [0.29, 0.717) is 0 Å². The standard InChI is InChI=1S/C12H24N2OS/c1-3-7-14(9-10-4-5-10)12(15)11(13)6-8-16-2/h10-11H,3-9,13H2,1-2H3/t11-/m1/s1. The molecule has 1 fully saturated rings. The zero-order valence-corrected chi connectivity index (χ0v) is 11.3. The fourth-order valence-electron chi connectivity index (χ4n) is 1.78. The van der Waals surface area contributed by atoms with Crippen LogP contribution in [0, 0.1) is 5.92 Å². The van der Waals surface area contributed by atoms with Gasteiger partial charge in [0.25, 0.3) is 0 Å². The predicted octanol–water partition coefficient (Wildman–Crippen LogP) is 1.72. The summed E-state index contributed by atoms with van der Waals surface area (Å²) in [5.74, 6) is 1.88. The Morgan fingerprint density at radius 3 is 2.75 bits per heavy atom. The topological polar surface area (TPSA) is 46.3 Å². The van der Waals surface area contributed by atoms with Crippen molar-refractivity contribution >= 4 is 17.7 Å². The van der Waals surface area contributed by atoms with Gasteiger partial charge in [-0.15, -0.1) is 0 Å². The molecule has 0 aromatic rings. The molecule has 1 aliphatic carbocycles. The predicted molar refractivity (Wildman–Crippen MR) is 70.6 cm³/mol. The van der Waals surface area contributed by atoms with Crippen LogP contribution in [0.15, 0.2) is 0 Å². The quantitative estimate of drug-likeness (QED) is 0.707. The lowest BCUT2D eigenvalue weighted by Gasteiger charge is -2.25. The number of rotatable bonds is 8. The van der Waals surface area contributed by atoms with Crippen molar-refractivity contribution < 1.29 is 4.79 Å². The largest absolute Gasteiger partial charge is 0.341 e. The number of carbonyl (C=O) groups is 1. The number of amides is 1. The fourth-order valence-corrected chi connectivity index (χ4v) is 2.27. The summed E-state index contributed by atoms with van der Waals surface area (Å²) >= 11 is 1.75. The van der Waals surface area contributed by atoms with Gasteiger partial charge in [0.15, 0.2) is 0 Å². The highest BCUT2D eigenvalue weighted by molar-refractivity contribution is 7.98. The summed E-state index contributed by atoms with van der Waals surface area (Å²) in [5, 5.41) is 0. The molecular formula is C12H24N2OS. The highest BCUT2D eigenvalue weighted by Gasteiger charge is 2.28. The SMILES string of the molecule is CCCN(CC1CC1)C(=O)[C@H](N)CCSC. The Morgan fingerprint density at radius 1 is 1.56 bits per heavy atom. The highest BCUT2D eigenvalue weighted by Crippen LogP contribution is 2.29. The second kappa shape index (κ2) is 7.17. The molecule has 0 heterocycles. The Labute approximate surface area is 103 Å². The number of carbonyl (C=O) groups excluding carboxylic acids is 1. The van der Waals surface area contributed by atoms with E-state index in [1.807, 2.05) is 11.2 Å². The molecule has 0 unspecified atom stereocenters. The minimum atomic E-state index is -0.294. The molecule has 1 rings (SSSR count). The van der Waals surface area contributed by atoms with Crippen molar-refractivity contribution in [3.05, 3.63) is 0 Å². The van der Waals surface area contributed by atoms with Crippen LogP contribution in [0.5, 0.6) is 0 Å². The van der Waals surface area contributed by atoms with E-state index in [0.717, 1.165) is 37.6 Å². The molecule has 1 amide bonds. The third kappa shape index (κ3) is 4.74. The van der Waals surface area contributed by atoms with Gasteiger partial charge in [-0.3, -0.25) is 4.79 Å². The van der Waals surface area contributed by atoms with Gasteiger partial charge in [-0.05, 0) is 43.6 Å². The second-order valence-corrected chi connectivity index (χ2v) is 5.60. The minimum absolute atomic E-state index is 0.155. The van der Waals surface area contributed by atoms with Crippen LogP contribution in [0.2, 0.25) is 0 Å². The van der Waals surface area contributed by atoms with Gasteiger partial charge in [0.2, 0.25) is 5.91 Å². The van der Waals surface area contributed by atoms with Gasteiger partial charge in [-0.1, -0.05) is 6.92 Å². The van der Waals surface area contributed by atoms with Crippen LogP contribution in [-0.2, 0) is 4.79 Å². The van der Waals surface area contributed by atoms with Gasteiger partial charge in [0.05, 0.1) is 6.04 Å². The Bertz CT molecular complexity index is 219. The molecule has 0 spiro atoms. The van der Waals surface area contributed by atoms with E-state index in [1.54, 1.807) is 11.8 Å². The second-order valence-electron chi connectivity index (χ2n) is 4.62. The van der Waals surface area contributed by atoms with Crippen molar-refractivity contribution in [2.75, 3.05) is 25.1 Å². The van der Waals surface area contributed by atoms with E-state index in [2.05, 4.69) is 6.92 Å². The maximum Gasteiger partial charge on any atom is 0.239 e. The maximum atomic E-state index is 12.1. The minimum Gasteiger partial charge on any atom is -0.341 e. The van der Waals surface area contributed by atoms with Gasteiger partial charge < -0.3 is 10.6 Å². The first-order chi connectivity index (χ1) is 7.69. The summed E-state index contributed by atoms with van der Waals surface area (Å²) in [6, 6.07) is -0.294. The van der Waals surface area contributed by atoms with E-state index >= 15 is 0 Å². The molecule has 0 radical (unpaired) electrons. The number of thioether (sulfide) groups is 1. The molecule has 94 valence electrons. The monoisotopic (exact) mass is 244 g/mol. The van der Waals surface area contributed by atoms with E-state index in [1.165, 1.54) is 12.8 Å². The lowest BCUT2D eigenvalue weighted by molar-refractivity contribution is -0.132. The Kier molecular flexibility index (Phi) is 6.21. The molecule has 1 atom stereocenters. The zero-order chi connectivity index (χ0) is 12.0. The molecular weight excluding hydrogens is 220 g/mol. The van der Waals surface area contributed by atoms with Crippen molar-refractivity contribution in [3.8, 4) is 0 Å². The average Bonchev–Trinajstić information content (AvgIpc) is 3.08. The van der Waals surface area contributed by atoms with Crippen LogP contribution < -0.4 is 5.73 Å². The van der Waals surface area contributed by atoms with E-state index < -0.39 is 0 Å². The molecule has 4 heteroatoms. The summed E-state index contributed by atoms with van der Waals surface area (Å²) in [4.78, 5) is 14.1. The fraction of sp³-hybridized carbons (Fsp3) is 0.917. The van der Waals surface area contributed by atoms with Gasteiger partial charge in [-0.25, -0.2) is 0 Å². The molecule has 1 aliphatic rings. The first-order valence-electron chi connectivity index (χ1n) is 6.22. The normalized spacial score (nSPS) is 17.2. The van der Waals surface area contributed by atoms with Crippen molar-refractivity contribution in [3.63, 3.8) is 0 Å². The molecule has 0 saturated heterocycles. The van der Waals surface area contributed by atoms with Crippen LogP contribution >= 0.6 is 11.8 Å². The highest BCUT2D eigenvalue weighted by atomic mass is 32.2. The van der Waals surface area contributed by atoms with Gasteiger partial charge in [0.1, 0.15) is 0 Å². The molecule has 0 bridgehead atoms. The smallest absolute Gasteiger partial charge is 0.239 e. The molecule has 3 nitrogen and oxygen atoms in total. The van der Waals surface area contributed by atoms with Gasteiger partial charge in [-0.2, -0.15) is 11.8 Å². The van der Waals surface area contributed by atoms with Crippen LogP contribution in [0.4, 0.5) is 0 Å². The Morgan fingerprint density at radius 2 is 2.25 bits per heavy atom. The van der Waals surface area contributed by atoms with Crippen LogP contribution in [0.3, 0.4) is 0 Å². The summed E-state index contributed by atoms with van der Waals surface area (Å²) in [7, 11) is 0. The molecule has 1 saturated carbocycles. The molecule has 16 heavy (non-hydrogen) atoms. The summed E-state index contributed by atoms with van der Waals surface area (Å²) in [6.45, 7) is 3.91. The Hall–Kier alpha value is -0.220. The third-order valence-corrected chi connectivity index (χ3v) is 3.57. The van der Waals surface area contributed by atoms with Crippen molar-refractivity contribution in [1.82, 2.24) is 4.90 Å². The molecule has 0 aliphatic heterocycles. The molecule has 2 N–H and O–H groups in total. The van der Waals surface area contributed by atoms with Crippen molar-refractivity contribution in [2.24, 2.45) is 11.7 Å². The van der Waals surface area contributed by atoms with Crippen molar-refractivity contribution in [1.29, 1.82) is 0 Å². The zero-order valence-electron chi connectivity index (χ0n) is 10.4. The van der Waals surface area contributed by atoms with E-state index in [-0.39, 0.29) is 11.9 Å². The average molecular weight is 244 g/mol. The number of hydrogen-bond donors (Lipinski definition) is 1. The van der Waals surface area contributed by atoms with Crippen LogP contribution in [-0.4, -0.2) is 41.9 Å². The lowest BCUT2D eigenvalue weighted by atomic mass is 10.2. The van der Waals surface area contributed by atoms with Crippen LogP contribution in [0.1, 0.15) is 32.6 Å². The Balaban J connectivity index is 2.37. The molecule has 0 aromatic carbocycles. The van der Waals surface area contributed by atoms with Crippen LogP contribution in [0.25, 0.3) is 0 Å². The lowest BCUT2D eigenvalue weighted by Crippen LogP contribution is -2.45. The number of hydrogen-bond acceptors (Lipinski definition) is 3. The first-order valence-corrected chi connectivity index (χ1v) is 7.61. The summed E-state index contributed by atoms with van der Waals surface area (Å²) < 4.78 is 0. The van der Waals surface area contributed by atoms with E-state index in [4.69, 9.17) is 5.73 Å². The third-order valence-electron chi connectivity index (χ3n) is 2.93. The molecule has 0 aromatic heterocycles. The van der Waals surface area contributed by atoms with Gasteiger partial charge >= 0.3 is 0 Å². The first kappa shape index (κ1) is 13.8. The van der Waals surface area contributed by atoms with Crippen molar-refractivity contribution in [2.45, 2.75) is 38.6 Å². The van der Waals surface area contributed by atoms with Gasteiger partial charge in [0, 0.05) is 13.1 Å². The maximum absolute atomic E-state index is 12.1.